The van der Waals surface area contributed by atoms with Crippen LogP contribution >= 0.6 is 34.7 Å². The monoisotopic (exact) mass is 308 g/mol. The fraction of sp³-hybridized carbons (Fsp3) is 0.286. The van der Waals surface area contributed by atoms with Crippen LogP contribution < -0.4 is 0 Å². The normalized spacial score (nSPS) is 10.7. The van der Waals surface area contributed by atoms with Crippen molar-refractivity contribution in [2.24, 2.45) is 0 Å². The van der Waals surface area contributed by atoms with Gasteiger partial charge in [0.25, 0.3) is 0 Å². The maximum atomic E-state index is 9.10. The summed E-state index contributed by atoms with van der Waals surface area (Å²) in [4.78, 5) is 6.46. The van der Waals surface area contributed by atoms with Crippen LogP contribution in [0, 0.1) is 11.3 Å². The van der Waals surface area contributed by atoms with Crippen LogP contribution in [0.3, 0.4) is 0 Å². The van der Waals surface area contributed by atoms with Crippen molar-refractivity contribution < 1.29 is 0 Å². The molecule has 0 bridgehead atoms. The van der Waals surface area contributed by atoms with Crippen molar-refractivity contribution in [3.05, 3.63) is 44.9 Å². The summed E-state index contributed by atoms with van der Waals surface area (Å²) in [6, 6.07) is 9.98. The summed E-state index contributed by atoms with van der Waals surface area (Å²) in [5.41, 5.74) is 0.916. The minimum Gasteiger partial charge on any atom is -0.244 e. The molecule has 1 aromatic heterocycles. The fourth-order valence-corrected chi connectivity index (χ4v) is 3.62. The van der Waals surface area contributed by atoms with Gasteiger partial charge in [-0.05, 0) is 30.2 Å². The average Bonchev–Trinajstić information content (AvgIpc) is 2.81. The third kappa shape index (κ3) is 3.73. The number of benzene rings is 1. The van der Waals surface area contributed by atoms with Gasteiger partial charge < -0.3 is 0 Å². The van der Waals surface area contributed by atoms with Crippen LogP contribution in [-0.4, -0.2) is 4.98 Å². The van der Waals surface area contributed by atoms with Gasteiger partial charge in [0.15, 0.2) is 0 Å². The summed E-state index contributed by atoms with van der Waals surface area (Å²) in [5, 5.41) is 10.8. The van der Waals surface area contributed by atoms with Crippen LogP contribution in [0.2, 0.25) is 5.02 Å². The average molecular weight is 309 g/mol. The molecule has 0 atom stereocenters. The first-order valence-corrected chi connectivity index (χ1v) is 8.06. The number of nitrogens with zero attached hydrogens (tertiary/aromatic N) is 2. The van der Waals surface area contributed by atoms with Gasteiger partial charge >= 0.3 is 0 Å². The lowest BCUT2D eigenvalue weighted by molar-refractivity contribution is 0.824. The standard InChI is InChI=1S/C14H13ClN2S2/c1-9(2)14-12(7-16)19-13(17-14)8-18-11-5-3-10(15)4-6-11/h3-6,9H,8H2,1-2H3. The highest BCUT2D eigenvalue weighted by Gasteiger charge is 2.13. The minimum atomic E-state index is 0.292. The molecule has 5 heteroatoms. The number of hydrogen-bond acceptors (Lipinski definition) is 4. The van der Waals surface area contributed by atoms with E-state index in [2.05, 4.69) is 24.9 Å². The molecular weight excluding hydrogens is 296 g/mol. The predicted octanol–water partition coefficient (Wildman–Crippen LogP) is 5.08. The van der Waals surface area contributed by atoms with Crippen molar-refractivity contribution in [1.82, 2.24) is 4.98 Å². The summed E-state index contributed by atoms with van der Waals surface area (Å²) in [6.45, 7) is 4.12. The first-order chi connectivity index (χ1) is 9.10. The SMILES string of the molecule is CC(C)c1nc(CSc2ccc(Cl)cc2)sc1C#N. The minimum absolute atomic E-state index is 0.292. The number of hydrogen-bond donors (Lipinski definition) is 0. The highest BCUT2D eigenvalue weighted by molar-refractivity contribution is 7.98. The van der Waals surface area contributed by atoms with Gasteiger partial charge in [-0.3, -0.25) is 0 Å². The lowest BCUT2D eigenvalue weighted by Crippen LogP contribution is -1.90. The number of halogens is 1. The van der Waals surface area contributed by atoms with Gasteiger partial charge in [0, 0.05) is 9.92 Å². The van der Waals surface area contributed by atoms with E-state index in [-0.39, 0.29) is 0 Å². The maximum absolute atomic E-state index is 9.10. The van der Waals surface area contributed by atoms with E-state index in [0.29, 0.717) is 5.92 Å². The summed E-state index contributed by atoms with van der Waals surface area (Å²) < 4.78 is 0. The van der Waals surface area contributed by atoms with Crippen molar-refractivity contribution in [1.29, 1.82) is 5.26 Å². The molecule has 0 aliphatic carbocycles. The molecule has 0 N–H and O–H groups in total. The second-order valence-corrected chi connectivity index (χ2v) is 6.90. The van der Waals surface area contributed by atoms with Crippen LogP contribution in [0.25, 0.3) is 0 Å². The molecule has 0 fully saturated rings. The fourth-order valence-electron chi connectivity index (χ4n) is 1.59. The van der Waals surface area contributed by atoms with Gasteiger partial charge in [-0.25, -0.2) is 4.98 Å². The number of rotatable bonds is 4. The van der Waals surface area contributed by atoms with E-state index in [1.165, 1.54) is 11.3 Å². The number of thiazole rings is 1. The lowest BCUT2D eigenvalue weighted by Gasteiger charge is -2.00. The van der Waals surface area contributed by atoms with E-state index in [9.17, 15) is 0 Å². The van der Waals surface area contributed by atoms with Crippen LogP contribution in [0.4, 0.5) is 0 Å². The Morgan fingerprint density at radius 1 is 1.37 bits per heavy atom. The summed E-state index contributed by atoms with van der Waals surface area (Å²) >= 11 is 9.05. The molecule has 2 rings (SSSR count). The zero-order valence-electron chi connectivity index (χ0n) is 10.7. The smallest absolute Gasteiger partial charge is 0.128 e. The largest absolute Gasteiger partial charge is 0.244 e. The second-order valence-electron chi connectivity index (χ2n) is 4.33. The van der Waals surface area contributed by atoms with Gasteiger partial charge in [0.05, 0.1) is 11.4 Å². The molecule has 0 saturated heterocycles. The van der Waals surface area contributed by atoms with Gasteiger partial charge in [-0.15, -0.1) is 23.1 Å². The number of nitriles is 1. The zero-order valence-corrected chi connectivity index (χ0v) is 13.1. The van der Waals surface area contributed by atoms with E-state index in [4.69, 9.17) is 16.9 Å². The van der Waals surface area contributed by atoms with E-state index in [1.54, 1.807) is 11.8 Å². The van der Waals surface area contributed by atoms with Crippen molar-refractivity contribution >= 4 is 34.7 Å². The molecule has 0 unspecified atom stereocenters. The molecule has 0 aliphatic rings. The van der Waals surface area contributed by atoms with Crippen molar-refractivity contribution in [3.63, 3.8) is 0 Å². The molecule has 0 saturated carbocycles. The Morgan fingerprint density at radius 2 is 2.05 bits per heavy atom. The highest BCUT2D eigenvalue weighted by atomic mass is 35.5. The van der Waals surface area contributed by atoms with Gasteiger partial charge in [-0.1, -0.05) is 25.4 Å². The third-order valence-corrected chi connectivity index (χ3v) is 4.96. The first kappa shape index (κ1) is 14.4. The van der Waals surface area contributed by atoms with E-state index < -0.39 is 0 Å². The lowest BCUT2D eigenvalue weighted by atomic mass is 10.1. The Labute approximate surface area is 126 Å². The first-order valence-electron chi connectivity index (χ1n) is 5.88. The van der Waals surface area contributed by atoms with E-state index in [1.807, 2.05) is 24.3 Å². The number of aromatic nitrogens is 1. The molecular formula is C14H13ClN2S2. The summed E-state index contributed by atoms with van der Waals surface area (Å²) in [7, 11) is 0. The molecule has 0 spiro atoms. The molecule has 2 aromatic rings. The Bertz CT molecular complexity index is 597. The Balaban J connectivity index is 2.08. The summed E-state index contributed by atoms with van der Waals surface area (Å²) in [5.74, 6) is 1.08. The predicted molar refractivity (Wildman–Crippen MR) is 81.9 cm³/mol. The third-order valence-electron chi connectivity index (χ3n) is 2.52. The van der Waals surface area contributed by atoms with Crippen molar-refractivity contribution in [3.8, 4) is 6.07 Å². The quantitative estimate of drug-likeness (QED) is 0.739. The van der Waals surface area contributed by atoms with Gasteiger partial charge in [-0.2, -0.15) is 5.26 Å². The Kier molecular flexibility index (Phi) is 4.87. The van der Waals surface area contributed by atoms with Crippen LogP contribution in [0.15, 0.2) is 29.2 Å². The number of thioether (sulfide) groups is 1. The molecule has 19 heavy (non-hydrogen) atoms. The molecule has 98 valence electrons. The Hall–Kier alpha value is -1.02. The van der Waals surface area contributed by atoms with Gasteiger partial charge in [0.2, 0.25) is 0 Å². The highest BCUT2D eigenvalue weighted by Crippen LogP contribution is 2.29. The molecule has 0 amide bonds. The molecule has 0 aliphatic heterocycles. The summed E-state index contributed by atoms with van der Waals surface area (Å²) in [6.07, 6.45) is 0. The van der Waals surface area contributed by atoms with Crippen LogP contribution in [0.1, 0.15) is 35.3 Å². The van der Waals surface area contributed by atoms with Crippen LogP contribution in [0.5, 0.6) is 0 Å². The van der Waals surface area contributed by atoms with Gasteiger partial charge in [0.1, 0.15) is 16.0 Å². The second kappa shape index (κ2) is 6.42. The van der Waals surface area contributed by atoms with E-state index >= 15 is 0 Å². The molecule has 1 heterocycles. The van der Waals surface area contributed by atoms with Crippen molar-refractivity contribution in [2.45, 2.75) is 30.4 Å². The Morgan fingerprint density at radius 3 is 2.58 bits per heavy atom. The topological polar surface area (TPSA) is 36.7 Å². The zero-order chi connectivity index (χ0) is 13.8. The maximum Gasteiger partial charge on any atom is 0.128 e. The molecule has 2 nitrogen and oxygen atoms in total. The van der Waals surface area contributed by atoms with E-state index in [0.717, 1.165) is 31.2 Å². The molecule has 0 radical (unpaired) electrons. The molecule has 1 aromatic carbocycles. The van der Waals surface area contributed by atoms with Crippen LogP contribution in [-0.2, 0) is 5.75 Å². The van der Waals surface area contributed by atoms with Crippen molar-refractivity contribution in [2.75, 3.05) is 0 Å².